The van der Waals surface area contributed by atoms with E-state index in [4.69, 9.17) is 21.1 Å². The van der Waals surface area contributed by atoms with Crippen molar-refractivity contribution in [3.63, 3.8) is 0 Å². The molecular formula is C21H25ClN2O4. The zero-order chi connectivity index (χ0) is 20.5. The van der Waals surface area contributed by atoms with Crippen molar-refractivity contribution in [2.24, 2.45) is 9.98 Å². The second kappa shape index (κ2) is 10.9. The van der Waals surface area contributed by atoms with Gasteiger partial charge in [0.05, 0.1) is 12.6 Å². The smallest absolute Gasteiger partial charge is 0.330 e. The number of ketones is 1. The Balaban J connectivity index is 2.05. The molecule has 2 aliphatic heterocycles. The molecule has 1 unspecified atom stereocenters. The van der Waals surface area contributed by atoms with Crippen LogP contribution in [0.3, 0.4) is 0 Å². The fraction of sp³-hybridized carbons (Fsp3) is 0.429. The second-order valence-corrected chi connectivity index (χ2v) is 6.98. The maximum absolute atomic E-state index is 12.1. The van der Waals surface area contributed by atoms with Gasteiger partial charge in [-0.3, -0.25) is 14.8 Å². The number of nitrogens with zero attached hydrogens (tertiary/aromatic N) is 2. The molecule has 0 aromatic rings. The first-order chi connectivity index (χ1) is 13.4. The quantitative estimate of drug-likeness (QED) is 0.456. The van der Waals surface area contributed by atoms with Gasteiger partial charge in [-0.15, -0.1) is 0 Å². The molecule has 0 saturated carbocycles. The van der Waals surface area contributed by atoms with E-state index in [1.54, 1.807) is 31.5 Å². The van der Waals surface area contributed by atoms with Gasteiger partial charge in [0.25, 0.3) is 0 Å². The summed E-state index contributed by atoms with van der Waals surface area (Å²) in [7, 11) is 1.49. The van der Waals surface area contributed by atoms with Gasteiger partial charge < -0.3 is 9.47 Å². The number of dihydropyridines is 1. The molecule has 0 bridgehead atoms. The van der Waals surface area contributed by atoms with Crippen LogP contribution in [0.5, 0.6) is 0 Å². The summed E-state index contributed by atoms with van der Waals surface area (Å²) in [6.45, 7) is 4.17. The first-order valence-electron chi connectivity index (χ1n) is 9.14. The molecule has 0 spiro atoms. The van der Waals surface area contributed by atoms with Crippen molar-refractivity contribution in [1.82, 2.24) is 0 Å². The van der Waals surface area contributed by atoms with E-state index < -0.39 is 0 Å². The van der Waals surface area contributed by atoms with Crippen molar-refractivity contribution in [2.45, 2.75) is 39.2 Å². The average molecular weight is 405 g/mol. The lowest BCUT2D eigenvalue weighted by atomic mass is 9.92. The summed E-state index contributed by atoms with van der Waals surface area (Å²) in [5, 5.41) is 0.329. The van der Waals surface area contributed by atoms with Gasteiger partial charge in [-0.25, -0.2) is 4.79 Å². The van der Waals surface area contributed by atoms with Gasteiger partial charge in [-0.2, -0.15) is 0 Å². The van der Waals surface area contributed by atoms with Gasteiger partial charge in [0.2, 0.25) is 0 Å². The molecule has 28 heavy (non-hydrogen) atoms. The summed E-state index contributed by atoms with van der Waals surface area (Å²) in [6.07, 6.45) is 10.1. The van der Waals surface area contributed by atoms with Crippen LogP contribution in [0.2, 0.25) is 0 Å². The summed E-state index contributed by atoms with van der Waals surface area (Å²) in [5.74, 6) is -0.446. The van der Waals surface area contributed by atoms with Crippen molar-refractivity contribution in [1.29, 1.82) is 0 Å². The fourth-order valence-corrected chi connectivity index (χ4v) is 3.27. The highest BCUT2D eigenvalue weighted by molar-refractivity contribution is 6.68. The topological polar surface area (TPSA) is 77.3 Å². The van der Waals surface area contributed by atoms with Crippen LogP contribution in [0.1, 0.15) is 33.1 Å². The van der Waals surface area contributed by atoms with E-state index in [2.05, 4.69) is 9.98 Å². The van der Waals surface area contributed by atoms with E-state index in [-0.39, 0.29) is 24.4 Å². The lowest BCUT2D eigenvalue weighted by molar-refractivity contribution is -0.137. The van der Waals surface area contributed by atoms with E-state index in [9.17, 15) is 9.59 Å². The first-order valence-corrected chi connectivity index (χ1v) is 9.52. The molecule has 1 atom stereocenters. The zero-order valence-electron chi connectivity index (χ0n) is 16.4. The lowest BCUT2D eigenvalue weighted by Crippen LogP contribution is -2.20. The molecule has 0 aromatic heterocycles. The Labute approximate surface area is 170 Å². The third-order valence-electron chi connectivity index (χ3n) is 4.35. The molecule has 2 aliphatic rings. The van der Waals surface area contributed by atoms with Crippen LogP contribution in [-0.2, 0) is 19.1 Å². The number of rotatable bonds is 8. The molecule has 6 nitrogen and oxygen atoms in total. The van der Waals surface area contributed by atoms with Crippen molar-refractivity contribution in [2.75, 3.05) is 20.3 Å². The first kappa shape index (κ1) is 22.0. The summed E-state index contributed by atoms with van der Waals surface area (Å²) in [5.41, 5.74) is 3.73. The molecule has 0 fully saturated rings. The molecule has 0 saturated heterocycles. The van der Waals surface area contributed by atoms with Gasteiger partial charge >= 0.3 is 5.97 Å². The number of hydrogen-bond acceptors (Lipinski definition) is 6. The lowest BCUT2D eigenvalue weighted by Gasteiger charge is -2.20. The monoisotopic (exact) mass is 404 g/mol. The molecule has 0 amide bonds. The van der Waals surface area contributed by atoms with Crippen LogP contribution in [-0.4, -0.2) is 49.5 Å². The molecule has 2 heterocycles. The van der Waals surface area contributed by atoms with Gasteiger partial charge in [0.15, 0.2) is 5.78 Å². The Morgan fingerprint density at radius 3 is 2.89 bits per heavy atom. The molecular weight excluding hydrogens is 380 g/mol. The number of allylic oxidation sites excluding steroid dienone is 4. The van der Waals surface area contributed by atoms with Crippen LogP contribution < -0.4 is 0 Å². The predicted octanol–water partition coefficient (Wildman–Crippen LogP) is 3.72. The maximum Gasteiger partial charge on any atom is 0.330 e. The molecule has 0 aromatic carbocycles. The van der Waals surface area contributed by atoms with Crippen molar-refractivity contribution in [3.8, 4) is 0 Å². The maximum atomic E-state index is 12.1. The standard InChI is InChI=1S/C21H25ClN2O4/c1-4-28-21(26)6-5-15-7-14(2)17(12-23-11-15)9-18-8-16(10-20(22)24-18)19(25)13-27-3/h5-6,10-12,18H,4,7-9,13H2,1-3H3/b6-5+. The number of ether oxygens (including phenoxy) is 2. The Morgan fingerprint density at radius 2 is 2.18 bits per heavy atom. The Bertz CT molecular complexity index is 803. The fourth-order valence-electron chi connectivity index (χ4n) is 3.00. The predicted molar refractivity (Wildman–Crippen MR) is 111 cm³/mol. The molecule has 2 rings (SSSR count). The average Bonchev–Trinajstić information content (AvgIpc) is 2.81. The minimum absolute atomic E-state index is 0.0337. The van der Waals surface area contributed by atoms with E-state index in [0.29, 0.717) is 36.6 Å². The summed E-state index contributed by atoms with van der Waals surface area (Å²) < 4.78 is 9.82. The largest absolute Gasteiger partial charge is 0.463 e. The Kier molecular flexibility index (Phi) is 8.54. The zero-order valence-corrected chi connectivity index (χ0v) is 17.2. The number of carbonyl (C=O) groups is 2. The molecule has 150 valence electrons. The molecule has 0 aliphatic carbocycles. The van der Waals surface area contributed by atoms with Crippen molar-refractivity contribution >= 4 is 34.7 Å². The molecule has 0 N–H and O–H groups in total. The van der Waals surface area contributed by atoms with Gasteiger partial charge in [-0.1, -0.05) is 17.2 Å². The van der Waals surface area contributed by atoms with Gasteiger partial charge in [-0.05, 0) is 56.4 Å². The van der Waals surface area contributed by atoms with E-state index in [1.165, 1.54) is 13.2 Å². The minimum atomic E-state index is -0.371. The van der Waals surface area contributed by atoms with Crippen LogP contribution in [0.25, 0.3) is 0 Å². The van der Waals surface area contributed by atoms with Gasteiger partial charge in [0, 0.05) is 31.2 Å². The number of halogens is 1. The van der Waals surface area contributed by atoms with E-state index in [0.717, 1.165) is 16.7 Å². The van der Waals surface area contributed by atoms with E-state index >= 15 is 0 Å². The normalized spacial score (nSPS) is 19.9. The summed E-state index contributed by atoms with van der Waals surface area (Å²) in [6, 6.07) is -0.124. The van der Waals surface area contributed by atoms with Crippen LogP contribution in [0, 0.1) is 0 Å². The highest BCUT2D eigenvalue weighted by Crippen LogP contribution is 2.26. The Morgan fingerprint density at radius 1 is 1.39 bits per heavy atom. The highest BCUT2D eigenvalue weighted by atomic mass is 35.5. The Hall–Kier alpha value is -2.31. The number of Topliss-reactive ketones (excluding diaryl/α,β-unsaturated/α-hetero) is 1. The van der Waals surface area contributed by atoms with Crippen LogP contribution in [0.15, 0.2) is 56.7 Å². The van der Waals surface area contributed by atoms with Crippen LogP contribution in [0.4, 0.5) is 0 Å². The third-order valence-corrected chi connectivity index (χ3v) is 4.56. The SMILES string of the molecule is CCOC(=O)/C=C/C1=CN=CC(CC2CC(C(=O)COC)=CC(Cl)=N2)=C(C)C1. The summed E-state index contributed by atoms with van der Waals surface area (Å²) in [4.78, 5) is 32.4. The van der Waals surface area contributed by atoms with E-state index in [1.807, 2.05) is 6.92 Å². The summed E-state index contributed by atoms with van der Waals surface area (Å²) >= 11 is 6.12. The molecule has 0 radical (unpaired) electrons. The number of carbonyl (C=O) groups excluding carboxylic acids is 2. The number of aliphatic imine (C=N–C) groups is 2. The number of methoxy groups -OCH3 is 1. The third kappa shape index (κ3) is 6.69. The number of esters is 1. The minimum Gasteiger partial charge on any atom is -0.463 e. The van der Waals surface area contributed by atoms with Crippen LogP contribution >= 0.6 is 11.6 Å². The second-order valence-electron chi connectivity index (χ2n) is 6.59. The number of hydrogen-bond donors (Lipinski definition) is 0. The van der Waals surface area contributed by atoms with Gasteiger partial charge in [0.1, 0.15) is 11.8 Å². The van der Waals surface area contributed by atoms with Crippen molar-refractivity contribution in [3.05, 3.63) is 46.7 Å². The van der Waals surface area contributed by atoms with Crippen molar-refractivity contribution < 1.29 is 19.1 Å². The highest BCUT2D eigenvalue weighted by Gasteiger charge is 2.22. The molecule has 7 heteroatoms.